The largest absolute Gasteiger partial charge is 0.493 e. The molecule has 2 aliphatic carbocycles. The molecule has 0 amide bonds. The van der Waals surface area contributed by atoms with Crippen molar-refractivity contribution in [2.24, 2.45) is 11.8 Å². The molecule has 2 fully saturated rings. The van der Waals surface area contributed by atoms with Crippen LogP contribution in [0.5, 0.6) is 5.75 Å². The highest BCUT2D eigenvalue weighted by Crippen LogP contribution is 2.40. The minimum Gasteiger partial charge on any atom is -0.493 e. The number of halogens is 5. The van der Waals surface area contributed by atoms with Crippen LogP contribution < -0.4 is 4.74 Å². The maximum atomic E-state index is 14.7. The van der Waals surface area contributed by atoms with Crippen LogP contribution >= 0.6 is 0 Å². The second-order valence-electron chi connectivity index (χ2n) is 10.3. The molecule has 202 valence electrons. The number of alkyl halides is 2. The lowest BCUT2D eigenvalue weighted by Gasteiger charge is -2.31. The molecular weight excluding hydrogens is 487 g/mol. The Bertz CT molecular complexity index is 1010. The van der Waals surface area contributed by atoms with Crippen molar-refractivity contribution in [3.63, 3.8) is 0 Å². The second-order valence-corrected chi connectivity index (χ2v) is 10.3. The smallest absolute Gasteiger partial charge is 0.389 e. The van der Waals surface area contributed by atoms with Crippen molar-refractivity contribution in [1.29, 1.82) is 0 Å². The molecule has 2 nitrogen and oxygen atoms in total. The first kappa shape index (κ1) is 27.6. The topological polar surface area (TPSA) is 18.5 Å². The van der Waals surface area contributed by atoms with Gasteiger partial charge >= 0.3 is 6.11 Å². The van der Waals surface area contributed by atoms with Crippen LogP contribution in [-0.4, -0.2) is 12.7 Å². The molecule has 0 atom stereocenters. The zero-order valence-corrected chi connectivity index (χ0v) is 21.2. The van der Waals surface area contributed by atoms with Crippen LogP contribution in [0, 0.1) is 29.3 Å². The molecule has 7 heteroatoms. The molecule has 0 aromatic heterocycles. The highest BCUT2D eigenvalue weighted by molar-refractivity contribution is 5.32. The Morgan fingerprint density at radius 3 is 1.89 bits per heavy atom. The molecule has 2 saturated carbocycles. The Morgan fingerprint density at radius 1 is 0.811 bits per heavy atom. The van der Waals surface area contributed by atoms with Gasteiger partial charge in [-0.3, -0.25) is 0 Å². The monoisotopic (exact) mass is 522 g/mol. The summed E-state index contributed by atoms with van der Waals surface area (Å²) < 4.78 is 81.5. The van der Waals surface area contributed by atoms with Crippen LogP contribution in [0.1, 0.15) is 81.8 Å². The summed E-state index contributed by atoms with van der Waals surface area (Å²) in [5.74, 6) is -1.84. The Balaban J connectivity index is 1.24. The van der Waals surface area contributed by atoms with Gasteiger partial charge in [0.25, 0.3) is 0 Å². The number of benzene rings is 2. The zero-order chi connectivity index (χ0) is 26.4. The normalized spacial score (nSPS) is 24.9. The zero-order valence-electron chi connectivity index (χ0n) is 21.2. The molecular formula is C30H35F5O2. The van der Waals surface area contributed by atoms with E-state index in [1.54, 1.807) is 0 Å². The molecule has 0 radical (unpaired) electrons. The van der Waals surface area contributed by atoms with E-state index in [1.165, 1.54) is 17.7 Å². The molecule has 0 aliphatic heterocycles. The van der Waals surface area contributed by atoms with Crippen LogP contribution in [0.15, 0.2) is 48.6 Å². The number of rotatable bonds is 9. The fourth-order valence-corrected chi connectivity index (χ4v) is 5.49. The summed E-state index contributed by atoms with van der Waals surface area (Å²) in [7, 11) is 0. The van der Waals surface area contributed by atoms with Gasteiger partial charge in [0.15, 0.2) is 0 Å². The molecule has 0 unspecified atom stereocenters. The number of allylic oxidation sites excluding steroid dienone is 2. The van der Waals surface area contributed by atoms with Gasteiger partial charge in [0.1, 0.15) is 28.8 Å². The van der Waals surface area contributed by atoms with Gasteiger partial charge in [0.2, 0.25) is 0 Å². The van der Waals surface area contributed by atoms with Gasteiger partial charge in [-0.25, -0.2) is 13.2 Å². The molecule has 37 heavy (non-hydrogen) atoms. The first-order chi connectivity index (χ1) is 17.7. The van der Waals surface area contributed by atoms with Crippen molar-refractivity contribution in [2.75, 3.05) is 6.61 Å². The summed E-state index contributed by atoms with van der Waals surface area (Å²) in [6.45, 7) is 2.07. The van der Waals surface area contributed by atoms with Gasteiger partial charge in [-0.05, 0) is 93.2 Å². The summed E-state index contributed by atoms with van der Waals surface area (Å²) in [5.41, 5.74) is -0.172. The predicted molar refractivity (Wildman–Crippen MR) is 133 cm³/mol. The first-order valence-corrected chi connectivity index (χ1v) is 13.4. The Morgan fingerprint density at radius 2 is 1.35 bits per heavy atom. The van der Waals surface area contributed by atoms with E-state index in [9.17, 15) is 22.0 Å². The summed E-state index contributed by atoms with van der Waals surface area (Å²) in [6, 6.07) is 8.34. The van der Waals surface area contributed by atoms with Crippen LogP contribution in [0.4, 0.5) is 22.0 Å². The number of hydrogen-bond donors (Lipinski definition) is 0. The van der Waals surface area contributed by atoms with E-state index in [-0.39, 0.29) is 24.1 Å². The number of ether oxygens (including phenoxy) is 2. The molecule has 2 aromatic carbocycles. The van der Waals surface area contributed by atoms with E-state index < -0.39 is 29.4 Å². The lowest BCUT2D eigenvalue weighted by atomic mass is 9.78. The van der Waals surface area contributed by atoms with Crippen molar-refractivity contribution in [3.05, 3.63) is 77.1 Å². The van der Waals surface area contributed by atoms with Crippen molar-refractivity contribution < 1.29 is 31.4 Å². The third kappa shape index (κ3) is 7.34. The Kier molecular flexibility index (Phi) is 9.27. The Labute approximate surface area is 215 Å². The van der Waals surface area contributed by atoms with Crippen LogP contribution in [-0.2, 0) is 10.8 Å². The third-order valence-corrected chi connectivity index (χ3v) is 7.58. The SMILES string of the molecule is CCCOc1cc(F)c(C(F)(F)OC2CCC(/C=C/C3CCC(c4ccc(F)cc4)CC3)CC2)c(F)c1. The minimum absolute atomic E-state index is 0.118. The van der Waals surface area contributed by atoms with Crippen molar-refractivity contribution in [2.45, 2.75) is 82.8 Å². The molecule has 0 N–H and O–H groups in total. The molecule has 4 rings (SSSR count). The van der Waals surface area contributed by atoms with Gasteiger partial charge in [0, 0.05) is 12.1 Å². The summed E-state index contributed by atoms with van der Waals surface area (Å²) in [4.78, 5) is 0. The van der Waals surface area contributed by atoms with Gasteiger partial charge < -0.3 is 9.47 Å². The average Bonchev–Trinajstić information content (AvgIpc) is 2.87. The fraction of sp³-hybridized carbons (Fsp3) is 0.533. The standard InChI is InChI=1S/C30H35F5O2/c1-2-17-36-26-18-27(32)29(28(33)19-26)30(34,35)37-25-15-7-21(8-16-25)4-3-20-5-9-22(10-6-20)23-11-13-24(31)14-12-23/h3-4,11-14,18-22,25H,2,5-10,15-17H2,1H3/b4-3+. The second kappa shape index (κ2) is 12.4. The molecule has 0 saturated heterocycles. The lowest BCUT2D eigenvalue weighted by molar-refractivity contribution is -0.280. The van der Waals surface area contributed by atoms with Crippen molar-refractivity contribution >= 4 is 0 Å². The molecule has 0 bridgehead atoms. The van der Waals surface area contributed by atoms with E-state index in [0.29, 0.717) is 43.9 Å². The van der Waals surface area contributed by atoms with E-state index in [1.807, 2.05) is 19.1 Å². The quantitative estimate of drug-likeness (QED) is 0.242. The van der Waals surface area contributed by atoms with E-state index >= 15 is 0 Å². The number of hydrogen-bond acceptors (Lipinski definition) is 2. The molecule has 2 aromatic rings. The molecule has 0 heterocycles. The molecule has 0 spiro atoms. The summed E-state index contributed by atoms with van der Waals surface area (Å²) in [5, 5.41) is 0. The van der Waals surface area contributed by atoms with Gasteiger partial charge in [0.05, 0.1) is 12.7 Å². The minimum atomic E-state index is -4.06. The highest BCUT2D eigenvalue weighted by atomic mass is 19.3. The van der Waals surface area contributed by atoms with Gasteiger partial charge in [-0.2, -0.15) is 8.78 Å². The van der Waals surface area contributed by atoms with Crippen LogP contribution in [0.25, 0.3) is 0 Å². The van der Waals surface area contributed by atoms with Gasteiger partial charge in [-0.15, -0.1) is 0 Å². The maximum absolute atomic E-state index is 14.7. The molecule has 2 aliphatic rings. The van der Waals surface area contributed by atoms with Crippen LogP contribution in [0.3, 0.4) is 0 Å². The van der Waals surface area contributed by atoms with E-state index in [2.05, 4.69) is 12.2 Å². The fourth-order valence-electron chi connectivity index (χ4n) is 5.49. The van der Waals surface area contributed by atoms with Gasteiger partial charge in [-0.1, -0.05) is 31.2 Å². The highest BCUT2D eigenvalue weighted by Gasteiger charge is 2.42. The Hall–Kier alpha value is -2.41. The third-order valence-electron chi connectivity index (χ3n) is 7.58. The van der Waals surface area contributed by atoms with E-state index in [0.717, 1.165) is 37.8 Å². The summed E-state index contributed by atoms with van der Waals surface area (Å²) >= 11 is 0. The van der Waals surface area contributed by atoms with E-state index in [4.69, 9.17) is 9.47 Å². The average molecular weight is 523 g/mol. The van der Waals surface area contributed by atoms with Crippen molar-refractivity contribution in [1.82, 2.24) is 0 Å². The first-order valence-electron chi connectivity index (χ1n) is 13.4. The lowest BCUT2D eigenvalue weighted by Crippen LogP contribution is -2.31. The summed E-state index contributed by atoms with van der Waals surface area (Å²) in [6.07, 6.45) is 6.73. The maximum Gasteiger partial charge on any atom is 0.389 e. The van der Waals surface area contributed by atoms with Crippen molar-refractivity contribution in [3.8, 4) is 5.75 Å². The van der Waals surface area contributed by atoms with Crippen LogP contribution in [0.2, 0.25) is 0 Å². The predicted octanol–water partition coefficient (Wildman–Crippen LogP) is 9.05.